The minimum absolute atomic E-state index is 0.0640. The molecular weight excluding hydrogens is 583 g/mol. The summed E-state index contributed by atoms with van der Waals surface area (Å²) in [6.45, 7) is 5.14. The van der Waals surface area contributed by atoms with Gasteiger partial charge in [0.05, 0.1) is 27.6 Å². The summed E-state index contributed by atoms with van der Waals surface area (Å²) in [7, 11) is -3.61. The molecule has 0 fully saturated rings. The first-order valence-electron chi connectivity index (χ1n) is 12.0. The van der Waals surface area contributed by atoms with E-state index >= 15 is 0 Å². The zero-order chi connectivity index (χ0) is 30.5. The van der Waals surface area contributed by atoms with E-state index in [0.29, 0.717) is 28.8 Å². The first-order valence-corrected chi connectivity index (χ1v) is 14.8. The lowest BCUT2D eigenvalue weighted by atomic mass is 9.85. The highest BCUT2D eigenvalue weighted by molar-refractivity contribution is 7.90. The van der Waals surface area contributed by atoms with Crippen molar-refractivity contribution in [1.82, 2.24) is 4.57 Å². The fraction of sp³-hybridized carbons (Fsp3) is 0.241. The van der Waals surface area contributed by atoms with Gasteiger partial charge in [0, 0.05) is 17.9 Å². The van der Waals surface area contributed by atoms with Gasteiger partial charge >= 0.3 is 6.18 Å². The van der Waals surface area contributed by atoms with Gasteiger partial charge in [0.1, 0.15) is 23.3 Å². The second-order valence-corrected chi connectivity index (χ2v) is 13.4. The van der Waals surface area contributed by atoms with Crippen molar-refractivity contribution in [3.63, 3.8) is 0 Å². The maximum Gasteiger partial charge on any atom is 0.417 e. The molecule has 0 saturated heterocycles. The molecule has 214 valence electrons. The molecule has 0 spiro atoms. The van der Waals surface area contributed by atoms with Gasteiger partial charge in [-0.1, -0.05) is 32.9 Å². The average molecular weight is 607 g/mol. The zero-order valence-corrected chi connectivity index (χ0v) is 23.9. The van der Waals surface area contributed by atoms with Crippen LogP contribution in [-0.2, 0) is 28.0 Å². The summed E-state index contributed by atoms with van der Waals surface area (Å²) in [5.74, 6) is -1.89. The van der Waals surface area contributed by atoms with Gasteiger partial charge in [0.2, 0.25) is 0 Å². The zero-order valence-electron chi connectivity index (χ0n) is 22.2. The molecule has 0 aliphatic rings. The molecule has 0 atom stereocenters. The van der Waals surface area contributed by atoms with Crippen LogP contribution in [0, 0.1) is 23.0 Å². The highest BCUT2D eigenvalue weighted by Crippen LogP contribution is 2.39. The van der Waals surface area contributed by atoms with Crippen molar-refractivity contribution < 1.29 is 30.4 Å². The van der Waals surface area contributed by atoms with Crippen LogP contribution in [0.25, 0.3) is 21.7 Å². The summed E-state index contributed by atoms with van der Waals surface area (Å²) in [5, 5.41) is 11.0. The third-order valence-electron chi connectivity index (χ3n) is 6.45. The Hall–Kier alpha value is -3.82. The predicted molar refractivity (Wildman–Crippen MR) is 146 cm³/mol. The summed E-state index contributed by atoms with van der Waals surface area (Å²) in [5.41, 5.74) is -3.05. The Balaban J connectivity index is 1.97. The summed E-state index contributed by atoms with van der Waals surface area (Å²) >= 11 is 0.984. The second-order valence-electron chi connectivity index (χ2n) is 10.5. The largest absolute Gasteiger partial charge is 0.417 e. The number of nitriles is 1. The molecule has 41 heavy (non-hydrogen) atoms. The summed E-state index contributed by atoms with van der Waals surface area (Å²) in [6, 6.07) is 10.9. The van der Waals surface area contributed by atoms with Crippen LogP contribution >= 0.6 is 11.3 Å². The van der Waals surface area contributed by atoms with E-state index in [-0.39, 0.29) is 21.0 Å². The molecule has 12 heteroatoms. The number of alkyl halides is 3. The van der Waals surface area contributed by atoms with E-state index in [1.54, 1.807) is 17.5 Å². The first-order chi connectivity index (χ1) is 18.9. The van der Waals surface area contributed by atoms with E-state index in [1.165, 1.54) is 18.2 Å². The van der Waals surface area contributed by atoms with Crippen molar-refractivity contribution in [3.05, 3.63) is 98.2 Å². The Bertz CT molecular complexity index is 1880. The normalized spacial score (nSPS) is 12.4. The van der Waals surface area contributed by atoms with E-state index in [4.69, 9.17) is 0 Å². The van der Waals surface area contributed by atoms with Crippen LogP contribution < -0.4 is 5.56 Å². The van der Waals surface area contributed by atoms with E-state index in [9.17, 15) is 40.4 Å². The minimum Gasteiger partial charge on any atom is -0.302 e. The number of benzene rings is 2. The number of pyridine rings is 1. The molecule has 2 aromatic heterocycles. The van der Waals surface area contributed by atoms with E-state index < -0.39 is 56.3 Å². The van der Waals surface area contributed by atoms with Crippen LogP contribution in [0.3, 0.4) is 0 Å². The molecule has 0 aliphatic heterocycles. The van der Waals surface area contributed by atoms with Crippen molar-refractivity contribution >= 4 is 21.2 Å². The van der Waals surface area contributed by atoms with Crippen molar-refractivity contribution in [1.29, 1.82) is 5.26 Å². The average Bonchev–Trinajstić information content (AvgIpc) is 3.34. The molecule has 2 aromatic carbocycles. The lowest BCUT2D eigenvalue weighted by Crippen LogP contribution is -2.28. The predicted octanol–water partition coefficient (Wildman–Crippen LogP) is 7.16. The fourth-order valence-corrected chi connectivity index (χ4v) is 5.82. The molecule has 0 aliphatic carbocycles. The Kier molecular flexibility index (Phi) is 7.75. The molecule has 0 bridgehead atoms. The van der Waals surface area contributed by atoms with Crippen molar-refractivity contribution in [3.8, 4) is 27.8 Å². The molecule has 0 amide bonds. The van der Waals surface area contributed by atoms with Crippen LogP contribution in [0.2, 0.25) is 0 Å². The van der Waals surface area contributed by atoms with E-state index in [1.807, 2.05) is 20.8 Å². The van der Waals surface area contributed by atoms with Crippen molar-refractivity contribution in [2.75, 3.05) is 6.26 Å². The van der Waals surface area contributed by atoms with Gasteiger partial charge in [-0.25, -0.2) is 17.2 Å². The molecule has 5 nitrogen and oxygen atoms in total. The lowest BCUT2D eigenvalue weighted by Gasteiger charge is -2.21. The highest BCUT2D eigenvalue weighted by Gasteiger charge is 2.37. The first kappa shape index (κ1) is 30.1. The standard InChI is InChI=1S/C29H23F5N2O3S2/c1-28(2,3)19-7-17(8-21(10-19)41(4,38)39)18-9-26(40-15-18)25-12-23(29(32,33)34)22(13-35)27(37)36(25)14-16-5-6-20(30)11-24(16)31/h5-12,15H,14H2,1-4H3. The van der Waals surface area contributed by atoms with Gasteiger partial charge in [0.15, 0.2) is 9.84 Å². The highest BCUT2D eigenvalue weighted by atomic mass is 32.2. The fourth-order valence-electron chi connectivity index (χ4n) is 4.19. The van der Waals surface area contributed by atoms with E-state index in [0.717, 1.165) is 34.3 Å². The minimum atomic E-state index is -5.04. The summed E-state index contributed by atoms with van der Waals surface area (Å²) in [4.78, 5) is 13.5. The van der Waals surface area contributed by atoms with Crippen LogP contribution in [0.4, 0.5) is 22.0 Å². The topological polar surface area (TPSA) is 79.9 Å². The number of sulfone groups is 1. The number of nitrogens with zero attached hydrogens (tertiary/aromatic N) is 2. The second kappa shape index (κ2) is 10.5. The Morgan fingerprint density at radius 3 is 2.22 bits per heavy atom. The summed E-state index contributed by atoms with van der Waals surface area (Å²) < 4.78 is 95.3. The number of thiophene rings is 1. The Labute approximate surface area is 237 Å². The maximum atomic E-state index is 14.5. The number of hydrogen-bond donors (Lipinski definition) is 0. The molecule has 4 rings (SSSR count). The van der Waals surface area contributed by atoms with Crippen LogP contribution in [0.15, 0.2) is 63.6 Å². The molecule has 0 radical (unpaired) electrons. The molecule has 0 N–H and O–H groups in total. The number of rotatable bonds is 5. The van der Waals surface area contributed by atoms with Gasteiger partial charge in [-0.05, 0) is 57.8 Å². The van der Waals surface area contributed by atoms with Crippen LogP contribution in [-0.4, -0.2) is 19.2 Å². The molecule has 0 saturated carbocycles. The monoisotopic (exact) mass is 606 g/mol. The smallest absolute Gasteiger partial charge is 0.302 e. The number of aromatic nitrogens is 1. The maximum absolute atomic E-state index is 14.5. The molecule has 4 aromatic rings. The van der Waals surface area contributed by atoms with Crippen molar-refractivity contribution in [2.24, 2.45) is 0 Å². The van der Waals surface area contributed by atoms with Crippen LogP contribution in [0.5, 0.6) is 0 Å². The quantitative estimate of drug-likeness (QED) is 0.226. The molecular formula is C29H23F5N2O3S2. The SMILES string of the molecule is CC(C)(C)c1cc(-c2csc(-c3cc(C(F)(F)F)c(C#N)c(=O)n3Cc3ccc(F)cc3F)c2)cc(S(C)(=O)=O)c1. The summed E-state index contributed by atoms with van der Waals surface area (Å²) in [6.07, 6.45) is -3.97. The van der Waals surface area contributed by atoms with Gasteiger partial charge < -0.3 is 4.57 Å². The van der Waals surface area contributed by atoms with Gasteiger partial charge in [-0.3, -0.25) is 4.79 Å². The number of halogens is 5. The molecule has 0 unspecified atom stereocenters. The Morgan fingerprint density at radius 2 is 1.66 bits per heavy atom. The third kappa shape index (κ3) is 6.26. The van der Waals surface area contributed by atoms with Crippen molar-refractivity contribution in [2.45, 2.75) is 43.8 Å². The molecule has 2 heterocycles. The van der Waals surface area contributed by atoms with E-state index in [2.05, 4.69) is 0 Å². The van der Waals surface area contributed by atoms with Crippen LogP contribution in [0.1, 0.15) is 43.0 Å². The van der Waals surface area contributed by atoms with Gasteiger partial charge in [0.25, 0.3) is 5.56 Å². The third-order valence-corrected chi connectivity index (χ3v) is 8.49. The van der Waals surface area contributed by atoms with Gasteiger partial charge in [-0.2, -0.15) is 18.4 Å². The number of hydrogen-bond acceptors (Lipinski definition) is 5. The van der Waals surface area contributed by atoms with Gasteiger partial charge in [-0.15, -0.1) is 11.3 Å². The lowest BCUT2D eigenvalue weighted by molar-refractivity contribution is -0.137. The Morgan fingerprint density at radius 1 is 0.976 bits per heavy atom.